The van der Waals surface area contributed by atoms with Gasteiger partial charge in [0.15, 0.2) is 0 Å². The highest BCUT2D eigenvalue weighted by Gasteiger charge is 2.09. The molecule has 0 bridgehead atoms. The lowest BCUT2D eigenvalue weighted by molar-refractivity contribution is 0.627. The molecule has 2 nitrogen and oxygen atoms in total. The van der Waals surface area contributed by atoms with Crippen LogP contribution in [-0.2, 0) is 6.54 Å². The van der Waals surface area contributed by atoms with Crippen LogP contribution in [0.3, 0.4) is 0 Å². The Morgan fingerprint density at radius 3 is 2.85 bits per heavy atom. The molecular formula is C17H15FN2. The Hall–Kier alpha value is -2.26. The van der Waals surface area contributed by atoms with Crippen LogP contribution in [0.4, 0.5) is 4.39 Å². The zero-order chi connectivity index (χ0) is 13.9. The van der Waals surface area contributed by atoms with Crippen LogP contribution in [0.15, 0.2) is 54.9 Å². The Kier molecular flexibility index (Phi) is 3.44. The van der Waals surface area contributed by atoms with Gasteiger partial charge in [-0.1, -0.05) is 24.3 Å². The maximum Gasteiger partial charge on any atom is 0.123 e. The molecule has 3 rings (SSSR count). The molecule has 0 saturated heterocycles. The first-order chi connectivity index (χ1) is 9.79. The van der Waals surface area contributed by atoms with Gasteiger partial charge in [0.1, 0.15) is 5.82 Å². The normalized spacial score (nSPS) is 10.9. The minimum Gasteiger partial charge on any atom is -0.316 e. The summed E-state index contributed by atoms with van der Waals surface area (Å²) >= 11 is 0. The molecule has 0 saturated carbocycles. The Labute approximate surface area is 117 Å². The number of fused-ring (bicyclic) bond motifs is 1. The van der Waals surface area contributed by atoms with Crippen LogP contribution in [0.25, 0.3) is 21.9 Å². The molecule has 1 heterocycles. The molecule has 0 atom stereocenters. The Morgan fingerprint density at radius 2 is 2.00 bits per heavy atom. The van der Waals surface area contributed by atoms with E-state index in [0.717, 1.165) is 27.5 Å². The average molecular weight is 266 g/mol. The number of halogens is 1. The molecule has 0 fully saturated rings. The van der Waals surface area contributed by atoms with E-state index in [1.165, 1.54) is 6.07 Å². The fraction of sp³-hybridized carbons (Fsp3) is 0.118. The van der Waals surface area contributed by atoms with E-state index in [-0.39, 0.29) is 5.82 Å². The largest absolute Gasteiger partial charge is 0.316 e. The van der Waals surface area contributed by atoms with Crippen molar-refractivity contribution in [1.82, 2.24) is 10.3 Å². The molecule has 100 valence electrons. The maximum absolute atomic E-state index is 13.6. The number of nitrogens with one attached hydrogen (secondary N) is 1. The van der Waals surface area contributed by atoms with E-state index >= 15 is 0 Å². The number of rotatable bonds is 3. The number of hydrogen-bond acceptors (Lipinski definition) is 2. The van der Waals surface area contributed by atoms with Crippen molar-refractivity contribution >= 4 is 10.8 Å². The molecule has 0 aliphatic heterocycles. The number of benzene rings is 2. The molecule has 2 aromatic carbocycles. The monoisotopic (exact) mass is 266 g/mol. The molecule has 0 unspecified atom stereocenters. The van der Waals surface area contributed by atoms with E-state index < -0.39 is 0 Å². The average Bonchev–Trinajstić information content (AvgIpc) is 2.49. The lowest BCUT2D eigenvalue weighted by Crippen LogP contribution is -2.06. The Balaban J connectivity index is 2.27. The van der Waals surface area contributed by atoms with E-state index in [2.05, 4.69) is 10.3 Å². The Morgan fingerprint density at radius 1 is 1.10 bits per heavy atom. The number of hydrogen-bond donors (Lipinski definition) is 1. The summed E-state index contributed by atoms with van der Waals surface area (Å²) in [6.45, 7) is 0.701. The summed E-state index contributed by atoms with van der Waals surface area (Å²) in [5, 5.41) is 5.27. The van der Waals surface area contributed by atoms with Gasteiger partial charge in [-0.05, 0) is 47.3 Å². The van der Waals surface area contributed by atoms with Gasteiger partial charge in [0.25, 0.3) is 0 Å². The van der Waals surface area contributed by atoms with Crippen molar-refractivity contribution in [2.24, 2.45) is 0 Å². The van der Waals surface area contributed by atoms with Crippen molar-refractivity contribution < 1.29 is 4.39 Å². The smallest absolute Gasteiger partial charge is 0.123 e. The second-order valence-corrected chi connectivity index (χ2v) is 4.73. The third kappa shape index (κ3) is 2.28. The Bertz CT molecular complexity index is 748. The highest BCUT2D eigenvalue weighted by Crippen LogP contribution is 2.31. The van der Waals surface area contributed by atoms with E-state index in [9.17, 15) is 4.39 Å². The first kappa shape index (κ1) is 12.8. The van der Waals surface area contributed by atoms with Crippen molar-refractivity contribution in [2.45, 2.75) is 6.54 Å². The van der Waals surface area contributed by atoms with Crippen LogP contribution in [-0.4, -0.2) is 12.0 Å². The molecule has 20 heavy (non-hydrogen) atoms. The second kappa shape index (κ2) is 5.39. The summed E-state index contributed by atoms with van der Waals surface area (Å²) in [6, 6.07) is 12.9. The van der Waals surface area contributed by atoms with Gasteiger partial charge in [0.05, 0.1) is 0 Å². The maximum atomic E-state index is 13.6. The summed E-state index contributed by atoms with van der Waals surface area (Å²) in [5.41, 5.74) is 3.00. The van der Waals surface area contributed by atoms with Crippen molar-refractivity contribution in [3.05, 3.63) is 66.2 Å². The molecule has 0 spiro atoms. The van der Waals surface area contributed by atoms with Crippen LogP contribution in [0.2, 0.25) is 0 Å². The lowest BCUT2D eigenvalue weighted by atomic mass is 9.95. The summed E-state index contributed by atoms with van der Waals surface area (Å²) in [5.74, 6) is -0.222. The van der Waals surface area contributed by atoms with Crippen molar-refractivity contribution in [3.63, 3.8) is 0 Å². The van der Waals surface area contributed by atoms with Crippen molar-refractivity contribution in [3.8, 4) is 11.1 Å². The van der Waals surface area contributed by atoms with Crippen LogP contribution in [0, 0.1) is 5.82 Å². The number of nitrogens with zero attached hydrogens (tertiary/aromatic N) is 1. The van der Waals surface area contributed by atoms with Gasteiger partial charge in [0.2, 0.25) is 0 Å². The van der Waals surface area contributed by atoms with Crippen molar-refractivity contribution in [1.29, 1.82) is 0 Å². The van der Waals surface area contributed by atoms with E-state index in [0.29, 0.717) is 6.54 Å². The molecule has 3 aromatic rings. The highest BCUT2D eigenvalue weighted by molar-refractivity contribution is 5.96. The van der Waals surface area contributed by atoms with Crippen molar-refractivity contribution in [2.75, 3.05) is 7.05 Å². The fourth-order valence-electron chi connectivity index (χ4n) is 2.49. The molecule has 0 radical (unpaired) electrons. The molecular weight excluding hydrogens is 251 g/mol. The molecule has 1 aromatic heterocycles. The zero-order valence-electron chi connectivity index (χ0n) is 11.2. The summed E-state index contributed by atoms with van der Waals surface area (Å²) in [7, 11) is 1.89. The fourth-order valence-corrected chi connectivity index (χ4v) is 2.49. The standard InChI is InChI=1S/C17H15FN2/c1-19-10-13-5-6-14(18)9-16(13)15-4-2-3-12-7-8-20-11-17(12)15/h2-9,11,19H,10H2,1H3. The van der Waals surface area contributed by atoms with Crippen LogP contribution >= 0.6 is 0 Å². The molecule has 0 aliphatic rings. The predicted octanol–water partition coefficient (Wildman–Crippen LogP) is 3.76. The van der Waals surface area contributed by atoms with E-state index in [4.69, 9.17) is 0 Å². The number of aromatic nitrogens is 1. The van der Waals surface area contributed by atoms with Crippen LogP contribution in [0.5, 0.6) is 0 Å². The highest BCUT2D eigenvalue weighted by atomic mass is 19.1. The van der Waals surface area contributed by atoms with Gasteiger partial charge in [-0.15, -0.1) is 0 Å². The molecule has 1 N–H and O–H groups in total. The minimum atomic E-state index is -0.222. The van der Waals surface area contributed by atoms with Gasteiger partial charge in [-0.2, -0.15) is 0 Å². The first-order valence-corrected chi connectivity index (χ1v) is 6.56. The summed E-state index contributed by atoms with van der Waals surface area (Å²) < 4.78 is 13.6. The first-order valence-electron chi connectivity index (χ1n) is 6.56. The molecule has 3 heteroatoms. The summed E-state index contributed by atoms with van der Waals surface area (Å²) in [4.78, 5) is 4.19. The van der Waals surface area contributed by atoms with Gasteiger partial charge in [0, 0.05) is 24.3 Å². The van der Waals surface area contributed by atoms with Crippen LogP contribution < -0.4 is 5.32 Å². The zero-order valence-corrected chi connectivity index (χ0v) is 11.2. The van der Waals surface area contributed by atoms with E-state index in [1.54, 1.807) is 12.3 Å². The van der Waals surface area contributed by atoms with Crippen LogP contribution in [0.1, 0.15) is 5.56 Å². The molecule has 0 amide bonds. The topological polar surface area (TPSA) is 24.9 Å². The quantitative estimate of drug-likeness (QED) is 0.780. The van der Waals surface area contributed by atoms with Gasteiger partial charge >= 0.3 is 0 Å². The predicted molar refractivity (Wildman–Crippen MR) is 79.9 cm³/mol. The van der Waals surface area contributed by atoms with E-state index in [1.807, 2.05) is 43.6 Å². The second-order valence-electron chi connectivity index (χ2n) is 4.73. The van der Waals surface area contributed by atoms with Gasteiger partial charge < -0.3 is 5.32 Å². The van der Waals surface area contributed by atoms with Gasteiger partial charge in [-0.3, -0.25) is 4.98 Å². The molecule has 0 aliphatic carbocycles. The third-order valence-corrected chi connectivity index (χ3v) is 3.41. The lowest BCUT2D eigenvalue weighted by Gasteiger charge is -2.12. The summed E-state index contributed by atoms with van der Waals surface area (Å²) in [6.07, 6.45) is 3.60. The third-order valence-electron chi connectivity index (χ3n) is 3.41. The number of pyridine rings is 1. The van der Waals surface area contributed by atoms with Gasteiger partial charge in [-0.25, -0.2) is 4.39 Å². The minimum absolute atomic E-state index is 0.222. The SMILES string of the molecule is CNCc1ccc(F)cc1-c1cccc2ccncc12.